The van der Waals surface area contributed by atoms with Crippen molar-refractivity contribution in [3.63, 3.8) is 0 Å². The largest absolute Gasteiger partial charge is 0.463 e. The monoisotopic (exact) mass is 249 g/mol. The maximum atomic E-state index is 5.38. The van der Waals surface area contributed by atoms with E-state index in [1.54, 1.807) is 17.0 Å². The van der Waals surface area contributed by atoms with Crippen molar-refractivity contribution in [1.29, 1.82) is 0 Å². The number of hydrazine groups is 1. The summed E-state index contributed by atoms with van der Waals surface area (Å²) in [6, 6.07) is 0.239. The number of anilines is 1. The smallest absolute Gasteiger partial charge is 0.323 e. The first-order valence-corrected chi connectivity index (χ1v) is 5.60. The molecule has 8 nitrogen and oxygen atoms in total. The normalized spacial score (nSPS) is 10.4. The van der Waals surface area contributed by atoms with E-state index in [1.165, 1.54) is 0 Å². The number of nitrogens with one attached hydrogen (secondary N) is 1. The van der Waals surface area contributed by atoms with Gasteiger partial charge in [0.2, 0.25) is 11.9 Å². The van der Waals surface area contributed by atoms with Crippen molar-refractivity contribution in [3.05, 3.63) is 18.2 Å². The summed E-state index contributed by atoms with van der Waals surface area (Å²) in [7, 11) is 0. The van der Waals surface area contributed by atoms with Crippen LogP contribution in [0.2, 0.25) is 0 Å². The maximum absolute atomic E-state index is 5.38. The van der Waals surface area contributed by atoms with Crippen molar-refractivity contribution in [2.24, 2.45) is 5.84 Å². The average Bonchev–Trinajstić information content (AvgIpc) is 2.82. The van der Waals surface area contributed by atoms with Gasteiger partial charge in [-0.05, 0) is 13.3 Å². The zero-order valence-corrected chi connectivity index (χ0v) is 10.3. The summed E-state index contributed by atoms with van der Waals surface area (Å²) in [5.74, 6) is 6.76. The third kappa shape index (κ3) is 2.54. The van der Waals surface area contributed by atoms with Crippen LogP contribution in [0, 0.1) is 6.92 Å². The zero-order valence-electron chi connectivity index (χ0n) is 10.3. The number of hydrogen-bond donors (Lipinski definition) is 2. The first kappa shape index (κ1) is 12.2. The molecule has 3 N–H and O–H groups in total. The van der Waals surface area contributed by atoms with Crippen LogP contribution >= 0.6 is 0 Å². The van der Waals surface area contributed by atoms with Gasteiger partial charge in [-0.15, -0.1) is 0 Å². The number of nitrogens with zero attached hydrogens (tertiary/aromatic N) is 5. The summed E-state index contributed by atoms with van der Waals surface area (Å²) in [5.41, 5.74) is 2.39. The molecule has 0 radical (unpaired) electrons. The standard InChI is InChI=1S/C10H15N7O/c1-3-6-18-10-14-8(16-11)13-9(15-10)17-5-4-12-7(17)2/h4-5H,3,6,11H2,1-2H3,(H,13,14,15,16). The summed E-state index contributed by atoms with van der Waals surface area (Å²) in [6.07, 6.45) is 4.30. The fraction of sp³-hybridized carbons (Fsp3) is 0.400. The molecule has 0 unspecified atom stereocenters. The summed E-state index contributed by atoms with van der Waals surface area (Å²) in [6.45, 7) is 4.40. The molecule has 0 atom stereocenters. The number of aryl methyl sites for hydroxylation is 1. The Bertz CT molecular complexity index is 525. The Kier molecular flexibility index (Phi) is 3.68. The van der Waals surface area contributed by atoms with Crippen LogP contribution < -0.4 is 16.0 Å². The number of aromatic nitrogens is 5. The fourth-order valence-electron chi connectivity index (χ4n) is 1.37. The van der Waals surface area contributed by atoms with Gasteiger partial charge in [-0.3, -0.25) is 9.99 Å². The number of nitrogens with two attached hydrogens (primary N) is 1. The predicted molar refractivity (Wildman–Crippen MR) is 65.3 cm³/mol. The van der Waals surface area contributed by atoms with Crippen LogP contribution in [0.3, 0.4) is 0 Å². The van der Waals surface area contributed by atoms with Crippen molar-refractivity contribution in [3.8, 4) is 12.0 Å². The Labute approximate surface area is 104 Å². The molecule has 8 heteroatoms. The number of hydrogen-bond acceptors (Lipinski definition) is 7. The van der Waals surface area contributed by atoms with Gasteiger partial charge in [0.15, 0.2) is 0 Å². The van der Waals surface area contributed by atoms with Gasteiger partial charge in [0, 0.05) is 12.4 Å². The first-order chi connectivity index (χ1) is 8.74. The van der Waals surface area contributed by atoms with E-state index in [9.17, 15) is 0 Å². The van der Waals surface area contributed by atoms with Gasteiger partial charge in [-0.1, -0.05) is 6.92 Å². The Balaban J connectivity index is 2.38. The predicted octanol–water partition coefficient (Wildman–Crippen LogP) is 0.440. The van der Waals surface area contributed by atoms with Crippen molar-refractivity contribution < 1.29 is 4.74 Å². The molecule has 2 rings (SSSR count). The molecular weight excluding hydrogens is 234 g/mol. The molecule has 0 aliphatic carbocycles. The van der Waals surface area contributed by atoms with E-state index >= 15 is 0 Å². The van der Waals surface area contributed by atoms with Crippen LogP contribution in [0.5, 0.6) is 6.01 Å². The molecule has 2 aromatic rings. The van der Waals surface area contributed by atoms with Crippen molar-refractivity contribution >= 4 is 5.95 Å². The lowest BCUT2D eigenvalue weighted by atomic mass is 10.5. The highest BCUT2D eigenvalue weighted by molar-refractivity contribution is 5.29. The molecule has 0 saturated carbocycles. The van der Waals surface area contributed by atoms with Crippen LogP contribution in [-0.2, 0) is 0 Å². The molecule has 0 fully saturated rings. The molecule has 18 heavy (non-hydrogen) atoms. The van der Waals surface area contributed by atoms with Gasteiger partial charge >= 0.3 is 6.01 Å². The number of nitrogen functional groups attached to an aromatic ring is 1. The average molecular weight is 249 g/mol. The highest BCUT2D eigenvalue weighted by Gasteiger charge is 2.10. The van der Waals surface area contributed by atoms with E-state index in [-0.39, 0.29) is 12.0 Å². The van der Waals surface area contributed by atoms with E-state index in [1.807, 2.05) is 13.8 Å². The second-order valence-corrected chi connectivity index (χ2v) is 3.58. The third-order valence-corrected chi connectivity index (χ3v) is 2.21. The van der Waals surface area contributed by atoms with Gasteiger partial charge in [0.25, 0.3) is 0 Å². The van der Waals surface area contributed by atoms with E-state index in [0.29, 0.717) is 12.6 Å². The fourth-order valence-corrected chi connectivity index (χ4v) is 1.37. The molecule has 2 heterocycles. The minimum Gasteiger partial charge on any atom is -0.463 e. The SMILES string of the molecule is CCCOc1nc(NN)nc(-n2ccnc2C)n1. The molecule has 0 aliphatic heterocycles. The Morgan fingerprint density at radius 2 is 2.22 bits per heavy atom. The van der Waals surface area contributed by atoms with Crippen molar-refractivity contribution in [2.75, 3.05) is 12.0 Å². The molecule has 0 bridgehead atoms. The highest BCUT2D eigenvalue weighted by atomic mass is 16.5. The lowest BCUT2D eigenvalue weighted by Crippen LogP contribution is -2.15. The van der Waals surface area contributed by atoms with Gasteiger partial charge < -0.3 is 4.74 Å². The molecule has 96 valence electrons. The summed E-state index contributed by atoms with van der Waals surface area (Å²) < 4.78 is 7.11. The van der Waals surface area contributed by atoms with Gasteiger partial charge in [-0.25, -0.2) is 10.8 Å². The van der Waals surface area contributed by atoms with E-state index in [4.69, 9.17) is 10.6 Å². The van der Waals surface area contributed by atoms with Crippen molar-refractivity contribution in [1.82, 2.24) is 24.5 Å². The van der Waals surface area contributed by atoms with Crippen LogP contribution in [0.15, 0.2) is 12.4 Å². The van der Waals surface area contributed by atoms with Crippen molar-refractivity contribution in [2.45, 2.75) is 20.3 Å². The van der Waals surface area contributed by atoms with E-state index < -0.39 is 0 Å². The molecule has 2 aromatic heterocycles. The minimum absolute atomic E-state index is 0.239. The van der Waals surface area contributed by atoms with Gasteiger partial charge in [0.1, 0.15) is 5.82 Å². The maximum Gasteiger partial charge on any atom is 0.323 e. The third-order valence-electron chi connectivity index (χ3n) is 2.21. The zero-order chi connectivity index (χ0) is 13.0. The van der Waals surface area contributed by atoms with Gasteiger partial charge in [0.05, 0.1) is 6.61 Å². The first-order valence-electron chi connectivity index (χ1n) is 5.60. The number of rotatable bonds is 5. The number of ether oxygens (including phenoxy) is 1. The minimum atomic E-state index is 0.239. The molecule has 0 spiro atoms. The summed E-state index contributed by atoms with van der Waals surface area (Å²) in [5, 5.41) is 0. The van der Waals surface area contributed by atoms with Crippen LogP contribution in [0.25, 0.3) is 5.95 Å². The summed E-state index contributed by atoms with van der Waals surface area (Å²) in [4.78, 5) is 16.5. The second-order valence-electron chi connectivity index (χ2n) is 3.58. The lowest BCUT2D eigenvalue weighted by Gasteiger charge is -2.08. The summed E-state index contributed by atoms with van der Waals surface area (Å²) >= 11 is 0. The molecular formula is C10H15N7O. The Morgan fingerprint density at radius 1 is 1.39 bits per heavy atom. The van der Waals surface area contributed by atoms with Crippen LogP contribution in [0.1, 0.15) is 19.2 Å². The van der Waals surface area contributed by atoms with Gasteiger partial charge in [-0.2, -0.15) is 15.0 Å². The Morgan fingerprint density at radius 3 is 2.83 bits per heavy atom. The molecule has 0 aliphatic rings. The molecule has 0 aromatic carbocycles. The molecule has 0 saturated heterocycles. The van der Waals surface area contributed by atoms with E-state index in [0.717, 1.165) is 12.2 Å². The topological polar surface area (TPSA) is 104 Å². The lowest BCUT2D eigenvalue weighted by molar-refractivity contribution is 0.291. The highest BCUT2D eigenvalue weighted by Crippen LogP contribution is 2.12. The van der Waals surface area contributed by atoms with Crippen LogP contribution in [-0.4, -0.2) is 31.1 Å². The second kappa shape index (κ2) is 5.41. The molecule has 0 amide bonds. The van der Waals surface area contributed by atoms with E-state index in [2.05, 4.69) is 25.4 Å². The quantitative estimate of drug-likeness (QED) is 0.585. The number of imidazole rings is 1. The van der Waals surface area contributed by atoms with Crippen LogP contribution in [0.4, 0.5) is 5.95 Å². The Hall–Kier alpha value is -2.22.